The molecule has 0 unspecified atom stereocenters. The first kappa shape index (κ1) is 15.9. The summed E-state index contributed by atoms with van der Waals surface area (Å²) < 4.78 is 0. The number of nitrogens with one attached hydrogen (secondary N) is 2. The average Bonchev–Trinajstić information content (AvgIpc) is 2.37. The molecular formula is C14H22N4O2. The molecule has 0 saturated heterocycles. The predicted molar refractivity (Wildman–Crippen MR) is 78.7 cm³/mol. The summed E-state index contributed by atoms with van der Waals surface area (Å²) in [5.41, 5.74) is 0.849. The van der Waals surface area contributed by atoms with E-state index in [4.69, 9.17) is 0 Å². The first-order chi connectivity index (χ1) is 9.40. The largest absolute Gasteiger partial charge is 0.343 e. The lowest BCUT2D eigenvalue weighted by Crippen LogP contribution is -2.30. The number of nitrogens with zero attached hydrogens (tertiary/aromatic N) is 2. The molecule has 1 aromatic heterocycles. The molecule has 0 radical (unpaired) electrons. The van der Waals surface area contributed by atoms with Crippen molar-refractivity contribution < 1.29 is 9.59 Å². The first-order valence-corrected chi connectivity index (χ1v) is 6.62. The van der Waals surface area contributed by atoms with Crippen molar-refractivity contribution in [2.24, 2.45) is 5.92 Å². The van der Waals surface area contributed by atoms with Crippen LogP contribution in [0, 0.1) is 5.92 Å². The zero-order valence-corrected chi connectivity index (χ0v) is 12.4. The summed E-state index contributed by atoms with van der Waals surface area (Å²) in [6, 6.07) is 2.93. The summed E-state index contributed by atoms with van der Waals surface area (Å²) in [6.45, 7) is 4.82. The van der Waals surface area contributed by atoms with E-state index in [1.54, 1.807) is 26.2 Å². The molecule has 1 heterocycles. The van der Waals surface area contributed by atoms with Crippen molar-refractivity contribution in [3.05, 3.63) is 24.0 Å². The number of hydrogen-bond donors (Lipinski definition) is 2. The highest BCUT2D eigenvalue weighted by molar-refractivity contribution is 5.94. The van der Waals surface area contributed by atoms with Gasteiger partial charge in [0.25, 0.3) is 5.91 Å². The van der Waals surface area contributed by atoms with Gasteiger partial charge in [0.05, 0.1) is 0 Å². The number of aromatic nitrogens is 1. The van der Waals surface area contributed by atoms with Crippen LogP contribution in [0.1, 0.15) is 30.8 Å². The van der Waals surface area contributed by atoms with Gasteiger partial charge in [0.15, 0.2) is 0 Å². The molecule has 0 fully saturated rings. The van der Waals surface area contributed by atoms with Crippen molar-refractivity contribution in [3.8, 4) is 0 Å². The highest BCUT2D eigenvalue weighted by Gasteiger charge is 2.10. The van der Waals surface area contributed by atoms with Crippen LogP contribution in [0.5, 0.6) is 0 Å². The van der Waals surface area contributed by atoms with Gasteiger partial charge < -0.3 is 15.5 Å². The van der Waals surface area contributed by atoms with Crippen molar-refractivity contribution in [2.45, 2.75) is 20.3 Å². The van der Waals surface area contributed by atoms with Crippen LogP contribution in [-0.4, -0.2) is 42.5 Å². The van der Waals surface area contributed by atoms with Gasteiger partial charge in [-0.3, -0.25) is 9.78 Å². The van der Waals surface area contributed by atoms with Gasteiger partial charge in [-0.25, -0.2) is 4.79 Å². The predicted octanol–water partition coefficient (Wildman–Crippen LogP) is 1.95. The SMILES string of the molecule is CC(C)CCNC(=O)Nc1ccnc(C(=O)N(C)C)c1. The number of urea groups is 1. The third-order valence-corrected chi connectivity index (χ3v) is 2.65. The van der Waals surface area contributed by atoms with Crippen molar-refractivity contribution in [1.82, 2.24) is 15.2 Å². The van der Waals surface area contributed by atoms with Crippen molar-refractivity contribution in [1.29, 1.82) is 0 Å². The number of anilines is 1. The monoisotopic (exact) mass is 278 g/mol. The quantitative estimate of drug-likeness (QED) is 0.864. The van der Waals surface area contributed by atoms with E-state index in [0.717, 1.165) is 6.42 Å². The Balaban J connectivity index is 2.58. The van der Waals surface area contributed by atoms with E-state index in [9.17, 15) is 9.59 Å². The number of amides is 3. The molecule has 3 amide bonds. The van der Waals surface area contributed by atoms with Crippen LogP contribution in [0.3, 0.4) is 0 Å². The fourth-order valence-electron chi connectivity index (χ4n) is 1.50. The fourth-order valence-corrected chi connectivity index (χ4v) is 1.50. The van der Waals surface area contributed by atoms with Gasteiger partial charge in [0.2, 0.25) is 0 Å². The molecule has 0 atom stereocenters. The molecule has 6 nitrogen and oxygen atoms in total. The molecule has 0 aliphatic heterocycles. The Morgan fingerprint density at radius 3 is 2.65 bits per heavy atom. The molecule has 1 rings (SSSR count). The molecule has 0 aliphatic carbocycles. The van der Waals surface area contributed by atoms with Crippen LogP contribution in [0.15, 0.2) is 18.3 Å². The van der Waals surface area contributed by atoms with Crippen LogP contribution in [0.25, 0.3) is 0 Å². The topological polar surface area (TPSA) is 74.3 Å². The fraction of sp³-hybridized carbons (Fsp3) is 0.500. The molecule has 0 aliphatic rings. The van der Waals surface area contributed by atoms with Gasteiger partial charge in [-0.15, -0.1) is 0 Å². The van der Waals surface area contributed by atoms with E-state index in [1.807, 2.05) is 0 Å². The summed E-state index contributed by atoms with van der Waals surface area (Å²) >= 11 is 0. The number of carbonyl (C=O) groups is 2. The standard InChI is InChI=1S/C14H22N4O2/c1-10(2)5-7-16-14(20)17-11-6-8-15-12(9-11)13(19)18(3)4/h6,8-10H,5,7H2,1-4H3,(H2,15,16,17,20). The second-order valence-corrected chi connectivity index (χ2v) is 5.19. The maximum atomic E-state index is 11.8. The van der Waals surface area contributed by atoms with Gasteiger partial charge in [-0.05, 0) is 24.5 Å². The smallest absolute Gasteiger partial charge is 0.319 e. The number of pyridine rings is 1. The highest BCUT2D eigenvalue weighted by Crippen LogP contribution is 2.09. The summed E-state index contributed by atoms with van der Waals surface area (Å²) in [4.78, 5) is 28.9. The van der Waals surface area contributed by atoms with Crippen LogP contribution in [0.2, 0.25) is 0 Å². The average molecular weight is 278 g/mol. The first-order valence-electron chi connectivity index (χ1n) is 6.62. The van der Waals surface area contributed by atoms with Gasteiger partial charge in [0, 0.05) is 32.5 Å². The Hall–Kier alpha value is -2.11. The Morgan fingerprint density at radius 1 is 1.35 bits per heavy atom. The second kappa shape index (κ2) is 7.47. The van der Waals surface area contributed by atoms with Crippen LogP contribution < -0.4 is 10.6 Å². The van der Waals surface area contributed by atoms with Gasteiger partial charge in [-0.2, -0.15) is 0 Å². The molecular weight excluding hydrogens is 256 g/mol. The zero-order valence-electron chi connectivity index (χ0n) is 12.4. The normalized spacial score (nSPS) is 10.2. The minimum Gasteiger partial charge on any atom is -0.343 e. The van der Waals surface area contributed by atoms with Gasteiger partial charge in [0.1, 0.15) is 5.69 Å². The van der Waals surface area contributed by atoms with Gasteiger partial charge >= 0.3 is 6.03 Å². The molecule has 0 spiro atoms. The van der Waals surface area contributed by atoms with Crippen molar-refractivity contribution in [2.75, 3.05) is 26.0 Å². The lowest BCUT2D eigenvalue weighted by atomic mass is 10.1. The molecule has 0 aromatic carbocycles. The molecule has 0 bridgehead atoms. The summed E-state index contributed by atoms with van der Waals surface area (Å²) in [7, 11) is 3.31. The lowest BCUT2D eigenvalue weighted by Gasteiger charge is -2.11. The molecule has 0 saturated carbocycles. The highest BCUT2D eigenvalue weighted by atomic mass is 16.2. The summed E-state index contributed by atoms with van der Waals surface area (Å²) in [5, 5.41) is 5.46. The van der Waals surface area contributed by atoms with Crippen molar-refractivity contribution in [3.63, 3.8) is 0 Å². The van der Waals surface area contributed by atoms with E-state index in [-0.39, 0.29) is 11.9 Å². The number of rotatable bonds is 5. The third kappa shape index (κ3) is 5.26. The Kier molecular flexibility index (Phi) is 5.96. The van der Waals surface area contributed by atoms with E-state index in [1.165, 1.54) is 11.1 Å². The Morgan fingerprint density at radius 2 is 2.05 bits per heavy atom. The van der Waals surface area contributed by atoms with Crippen LogP contribution in [0.4, 0.5) is 10.5 Å². The zero-order chi connectivity index (χ0) is 15.1. The maximum absolute atomic E-state index is 11.8. The van der Waals surface area contributed by atoms with Crippen LogP contribution in [-0.2, 0) is 0 Å². The third-order valence-electron chi connectivity index (χ3n) is 2.65. The number of carbonyl (C=O) groups excluding carboxylic acids is 2. The molecule has 6 heteroatoms. The molecule has 110 valence electrons. The molecule has 20 heavy (non-hydrogen) atoms. The number of hydrogen-bond acceptors (Lipinski definition) is 3. The van der Waals surface area contributed by atoms with Crippen LogP contribution >= 0.6 is 0 Å². The Bertz CT molecular complexity index is 472. The van der Waals surface area contributed by atoms with E-state index >= 15 is 0 Å². The minimum absolute atomic E-state index is 0.200. The summed E-state index contributed by atoms with van der Waals surface area (Å²) in [6.07, 6.45) is 2.43. The van der Waals surface area contributed by atoms with Gasteiger partial charge in [-0.1, -0.05) is 13.8 Å². The molecule has 2 N–H and O–H groups in total. The maximum Gasteiger partial charge on any atom is 0.319 e. The Labute approximate surface area is 119 Å². The van der Waals surface area contributed by atoms with Crippen molar-refractivity contribution >= 4 is 17.6 Å². The minimum atomic E-state index is -0.278. The second-order valence-electron chi connectivity index (χ2n) is 5.19. The van der Waals surface area contributed by atoms with E-state index < -0.39 is 0 Å². The lowest BCUT2D eigenvalue weighted by molar-refractivity contribution is 0.0822. The van der Waals surface area contributed by atoms with E-state index in [0.29, 0.717) is 23.8 Å². The van der Waals surface area contributed by atoms with E-state index in [2.05, 4.69) is 29.5 Å². The summed E-state index contributed by atoms with van der Waals surface area (Å²) in [5.74, 6) is 0.342. The molecule has 1 aromatic rings.